The molecular formula is C16H15BrClN5. The third-order valence-electron chi connectivity index (χ3n) is 5.00. The van der Waals surface area contributed by atoms with Crippen LogP contribution >= 0.6 is 27.5 Å². The van der Waals surface area contributed by atoms with E-state index in [9.17, 15) is 5.26 Å². The first-order valence-electron chi connectivity index (χ1n) is 7.59. The predicted octanol–water partition coefficient (Wildman–Crippen LogP) is 3.96. The second-order valence-electron chi connectivity index (χ2n) is 6.40. The van der Waals surface area contributed by atoms with Gasteiger partial charge in [0.25, 0.3) is 0 Å². The molecule has 0 bridgehead atoms. The Morgan fingerprint density at radius 1 is 1.57 bits per heavy atom. The average molecular weight is 393 g/mol. The molecule has 2 aliphatic rings. The fourth-order valence-corrected chi connectivity index (χ4v) is 4.64. The minimum Gasteiger partial charge on any atom is -0.369 e. The Bertz CT molecular complexity index is 840. The molecule has 7 heteroatoms. The lowest BCUT2D eigenvalue weighted by atomic mass is 9.81. The first-order chi connectivity index (χ1) is 11.0. The van der Waals surface area contributed by atoms with Crippen molar-refractivity contribution in [1.82, 2.24) is 14.8 Å². The van der Waals surface area contributed by atoms with Crippen LogP contribution in [0.25, 0.3) is 0 Å². The van der Waals surface area contributed by atoms with Gasteiger partial charge in [-0.3, -0.25) is 4.68 Å². The zero-order valence-electron chi connectivity index (χ0n) is 12.6. The highest BCUT2D eigenvalue weighted by atomic mass is 79.9. The van der Waals surface area contributed by atoms with Gasteiger partial charge in [-0.25, -0.2) is 4.98 Å². The molecule has 2 aromatic heterocycles. The van der Waals surface area contributed by atoms with Crippen LogP contribution in [0.2, 0.25) is 5.02 Å². The number of anilines is 1. The first kappa shape index (κ1) is 15.0. The van der Waals surface area contributed by atoms with Crippen molar-refractivity contribution in [2.24, 2.45) is 0 Å². The minimum absolute atomic E-state index is 0.0273. The van der Waals surface area contributed by atoms with Gasteiger partial charge < -0.3 is 5.32 Å². The Labute approximate surface area is 147 Å². The van der Waals surface area contributed by atoms with Gasteiger partial charge in [-0.05, 0) is 48.2 Å². The number of nitriles is 1. The summed E-state index contributed by atoms with van der Waals surface area (Å²) in [6.45, 7) is 2.76. The highest BCUT2D eigenvalue weighted by Crippen LogP contribution is 2.54. The van der Waals surface area contributed by atoms with Gasteiger partial charge in [-0.2, -0.15) is 10.4 Å². The molecule has 0 unspecified atom stereocenters. The molecule has 1 N–H and O–H groups in total. The van der Waals surface area contributed by atoms with Crippen LogP contribution in [0.1, 0.15) is 42.3 Å². The third-order valence-corrected chi connectivity index (χ3v) is 6.22. The fraction of sp³-hybridized carbons (Fsp3) is 0.438. The van der Waals surface area contributed by atoms with Gasteiger partial charge in [0, 0.05) is 23.7 Å². The van der Waals surface area contributed by atoms with Gasteiger partial charge in [0.1, 0.15) is 17.6 Å². The smallest absolute Gasteiger partial charge is 0.139 e. The maximum atomic E-state index is 9.33. The summed E-state index contributed by atoms with van der Waals surface area (Å²) in [5.74, 6) is 0.885. The number of halogens is 2. The van der Waals surface area contributed by atoms with E-state index in [-0.39, 0.29) is 11.5 Å². The molecule has 1 spiro atoms. The van der Waals surface area contributed by atoms with Crippen LogP contribution in [0.3, 0.4) is 0 Å². The van der Waals surface area contributed by atoms with E-state index in [0.717, 1.165) is 52.4 Å². The summed E-state index contributed by atoms with van der Waals surface area (Å²) in [6, 6.07) is 4.32. The molecule has 118 valence electrons. The summed E-state index contributed by atoms with van der Waals surface area (Å²) in [7, 11) is 0. The van der Waals surface area contributed by atoms with Crippen molar-refractivity contribution < 1.29 is 0 Å². The lowest BCUT2D eigenvalue weighted by molar-refractivity contribution is 0.415. The van der Waals surface area contributed by atoms with Crippen molar-refractivity contribution in [3.63, 3.8) is 0 Å². The quantitative estimate of drug-likeness (QED) is 0.797. The number of hydrogen-bond donors (Lipinski definition) is 1. The van der Waals surface area contributed by atoms with Gasteiger partial charge in [0.15, 0.2) is 0 Å². The molecule has 0 aromatic carbocycles. The lowest BCUT2D eigenvalue weighted by Gasteiger charge is -2.24. The minimum atomic E-state index is -0.0273. The molecule has 1 saturated carbocycles. The number of nitrogens with one attached hydrogen (secondary N) is 1. The Balaban J connectivity index is 1.73. The van der Waals surface area contributed by atoms with E-state index in [1.165, 1.54) is 0 Å². The molecule has 0 radical (unpaired) electrons. The summed E-state index contributed by atoms with van der Waals surface area (Å²) < 4.78 is 2.72. The molecule has 1 aliphatic heterocycles. The highest BCUT2D eigenvalue weighted by Gasteiger charge is 2.48. The third kappa shape index (κ3) is 2.18. The van der Waals surface area contributed by atoms with Gasteiger partial charge in [0.2, 0.25) is 0 Å². The van der Waals surface area contributed by atoms with Crippen molar-refractivity contribution in [1.29, 1.82) is 5.26 Å². The molecule has 0 amide bonds. The molecule has 2 atom stereocenters. The van der Waals surface area contributed by atoms with Crippen molar-refractivity contribution in [3.8, 4) is 6.07 Å². The Kier molecular flexibility index (Phi) is 3.40. The molecule has 5 nitrogen and oxygen atoms in total. The zero-order valence-corrected chi connectivity index (χ0v) is 14.9. The summed E-state index contributed by atoms with van der Waals surface area (Å²) >= 11 is 10.0. The summed E-state index contributed by atoms with van der Waals surface area (Å²) in [5, 5.41) is 18.0. The molecule has 2 aromatic rings. The second-order valence-corrected chi connectivity index (χ2v) is 7.63. The topological polar surface area (TPSA) is 66.5 Å². The molecular weight excluding hydrogens is 378 g/mol. The largest absolute Gasteiger partial charge is 0.369 e. The average Bonchev–Trinajstić information content (AvgIpc) is 3.22. The van der Waals surface area contributed by atoms with Crippen LogP contribution in [0, 0.1) is 18.3 Å². The van der Waals surface area contributed by atoms with Crippen LogP contribution in [-0.4, -0.2) is 21.3 Å². The van der Waals surface area contributed by atoms with E-state index in [4.69, 9.17) is 11.6 Å². The van der Waals surface area contributed by atoms with Gasteiger partial charge in [0.05, 0.1) is 21.2 Å². The number of nitrogens with zero attached hydrogens (tertiary/aromatic N) is 4. The van der Waals surface area contributed by atoms with E-state index in [1.807, 2.05) is 17.7 Å². The summed E-state index contributed by atoms with van der Waals surface area (Å²) in [4.78, 5) is 4.46. The number of fused-ring (bicyclic) bond motifs is 2. The van der Waals surface area contributed by atoms with E-state index in [2.05, 4.69) is 37.4 Å². The second kappa shape index (κ2) is 5.22. The monoisotopic (exact) mass is 391 g/mol. The Morgan fingerprint density at radius 3 is 3.17 bits per heavy atom. The number of rotatable bonds is 1. The number of aromatic nitrogens is 3. The van der Waals surface area contributed by atoms with Crippen molar-refractivity contribution in [3.05, 3.63) is 38.7 Å². The van der Waals surface area contributed by atoms with Crippen LogP contribution in [0.15, 0.2) is 16.7 Å². The summed E-state index contributed by atoms with van der Waals surface area (Å²) in [6.07, 6.45) is 4.66. The molecule has 4 rings (SSSR count). The maximum absolute atomic E-state index is 9.33. The maximum Gasteiger partial charge on any atom is 0.139 e. The molecule has 0 saturated heterocycles. The van der Waals surface area contributed by atoms with Gasteiger partial charge >= 0.3 is 0 Å². The van der Waals surface area contributed by atoms with Crippen LogP contribution < -0.4 is 5.32 Å². The SMILES string of the molecule is Cc1cc(C#N)n([C@H]2CC[C@@]3(CNc4ncc(Br)c(Cl)c43)C2)n1. The van der Waals surface area contributed by atoms with E-state index in [0.29, 0.717) is 5.69 Å². The zero-order chi connectivity index (χ0) is 16.2. The van der Waals surface area contributed by atoms with Gasteiger partial charge in [-0.15, -0.1) is 0 Å². The number of pyridine rings is 1. The lowest BCUT2D eigenvalue weighted by Crippen LogP contribution is -2.26. The Morgan fingerprint density at radius 2 is 2.39 bits per heavy atom. The molecule has 23 heavy (non-hydrogen) atoms. The molecule has 1 fully saturated rings. The van der Waals surface area contributed by atoms with Crippen LogP contribution in [0.5, 0.6) is 0 Å². The van der Waals surface area contributed by atoms with Gasteiger partial charge in [-0.1, -0.05) is 11.6 Å². The fourth-order valence-electron chi connectivity index (χ4n) is 4.00. The number of aryl methyl sites for hydroxylation is 1. The number of hydrogen-bond acceptors (Lipinski definition) is 4. The Hall–Kier alpha value is -1.58. The standard InChI is InChI=1S/C16H15BrClN5/c1-9-4-11(6-19)23(22-9)10-2-3-16(5-10)8-21-15-13(16)14(18)12(17)7-20-15/h4,7,10H,2-3,5,8H2,1H3,(H,20,21)/t10-,16-/m0/s1. The van der Waals surface area contributed by atoms with E-state index < -0.39 is 0 Å². The predicted molar refractivity (Wildman–Crippen MR) is 91.7 cm³/mol. The first-order valence-corrected chi connectivity index (χ1v) is 8.76. The van der Waals surface area contributed by atoms with Crippen molar-refractivity contribution in [2.45, 2.75) is 37.6 Å². The summed E-state index contributed by atoms with van der Waals surface area (Å²) in [5.41, 5.74) is 2.60. The van der Waals surface area contributed by atoms with Crippen molar-refractivity contribution >= 4 is 33.3 Å². The van der Waals surface area contributed by atoms with Crippen molar-refractivity contribution in [2.75, 3.05) is 11.9 Å². The highest BCUT2D eigenvalue weighted by molar-refractivity contribution is 9.10. The van der Waals surface area contributed by atoms with E-state index in [1.54, 1.807) is 6.20 Å². The van der Waals surface area contributed by atoms with Crippen LogP contribution in [-0.2, 0) is 5.41 Å². The molecule has 1 aliphatic carbocycles. The molecule has 3 heterocycles. The normalized spacial score (nSPS) is 25.4. The van der Waals surface area contributed by atoms with Crippen LogP contribution in [0.4, 0.5) is 5.82 Å². The van der Waals surface area contributed by atoms with E-state index >= 15 is 0 Å².